The summed E-state index contributed by atoms with van der Waals surface area (Å²) in [5.41, 5.74) is 2.26. The Kier molecular flexibility index (Phi) is 6.63. The zero-order chi connectivity index (χ0) is 22.7. The smallest absolute Gasteiger partial charge is 0.242 e. The number of aryl methyl sites for hydroxylation is 1. The molecule has 1 fully saturated rings. The first kappa shape index (κ1) is 22.5. The molecule has 4 rings (SSSR count). The molecule has 1 saturated heterocycles. The van der Waals surface area contributed by atoms with Gasteiger partial charge in [-0.05, 0) is 43.5 Å². The summed E-state index contributed by atoms with van der Waals surface area (Å²) in [4.78, 5) is 19.2. The summed E-state index contributed by atoms with van der Waals surface area (Å²) in [6.07, 6.45) is 3.53. The Morgan fingerprint density at radius 2 is 2.03 bits per heavy atom. The molecule has 8 nitrogen and oxygen atoms in total. The summed E-state index contributed by atoms with van der Waals surface area (Å²) >= 11 is 1.43. The molecule has 0 atom stereocenters. The molecule has 3 heterocycles. The number of likely N-dealkylation sites (tertiary alicyclic amines) is 1. The van der Waals surface area contributed by atoms with Crippen LogP contribution >= 0.6 is 11.3 Å². The summed E-state index contributed by atoms with van der Waals surface area (Å²) in [6, 6.07) is 8.81. The van der Waals surface area contributed by atoms with Crippen LogP contribution in [0.4, 0.5) is 0 Å². The van der Waals surface area contributed by atoms with E-state index < -0.39 is 10.0 Å². The Labute approximate surface area is 191 Å². The average Bonchev–Trinajstić information content (AvgIpc) is 3.53. The summed E-state index contributed by atoms with van der Waals surface area (Å²) in [5.74, 6) is 0.649. The number of carbonyl (C=O) groups is 1. The van der Waals surface area contributed by atoms with Gasteiger partial charge in [-0.2, -0.15) is 0 Å². The average molecular weight is 475 g/mol. The number of aromatic nitrogens is 2. The van der Waals surface area contributed by atoms with Crippen LogP contribution < -0.4 is 9.46 Å². The van der Waals surface area contributed by atoms with E-state index in [9.17, 15) is 13.2 Å². The minimum atomic E-state index is -3.80. The second kappa shape index (κ2) is 9.43. The summed E-state index contributed by atoms with van der Waals surface area (Å²) in [5, 5.41) is 2.59. The quantitative estimate of drug-likeness (QED) is 0.542. The van der Waals surface area contributed by atoms with Gasteiger partial charge in [0.25, 0.3) is 0 Å². The zero-order valence-electron chi connectivity index (χ0n) is 18.1. The molecule has 0 spiro atoms. The monoisotopic (exact) mass is 474 g/mol. The topological polar surface area (TPSA) is 93.5 Å². The maximum absolute atomic E-state index is 13.0. The van der Waals surface area contributed by atoms with Crippen molar-refractivity contribution in [3.8, 4) is 16.5 Å². The van der Waals surface area contributed by atoms with E-state index in [0.29, 0.717) is 16.5 Å². The fraction of sp³-hybridized carbons (Fsp3) is 0.364. The van der Waals surface area contributed by atoms with Gasteiger partial charge in [0, 0.05) is 36.9 Å². The molecule has 0 bridgehead atoms. The highest BCUT2D eigenvalue weighted by molar-refractivity contribution is 7.89. The van der Waals surface area contributed by atoms with Gasteiger partial charge in [0.05, 0.1) is 12.8 Å². The number of carbonyl (C=O) groups excluding carboxylic acids is 1. The van der Waals surface area contributed by atoms with Gasteiger partial charge in [-0.3, -0.25) is 4.79 Å². The van der Waals surface area contributed by atoms with Gasteiger partial charge in [0.1, 0.15) is 22.2 Å². The molecule has 0 unspecified atom stereocenters. The second-order valence-corrected chi connectivity index (χ2v) is 10.4. The third-order valence-electron chi connectivity index (χ3n) is 5.38. The minimum Gasteiger partial charge on any atom is -0.497 e. The van der Waals surface area contributed by atoms with E-state index in [1.54, 1.807) is 29.9 Å². The normalized spacial score (nSPS) is 14.1. The molecule has 3 aromatic rings. The van der Waals surface area contributed by atoms with E-state index in [2.05, 4.69) is 9.71 Å². The predicted octanol–water partition coefficient (Wildman–Crippen LogP) is 3.03. The van der Waals surface area contributed by atoms with Gasteiger partial charge < -0.3 is 14.2 Å². The Bertz CT molecular complexity index is 1210. The van der Waals surface area contributed by atoms with Crippen molar-refractivity contribution >= 4 is 27.3 Å². The summed E-state index contributed by atoms with van der Waals surface area (Å²) in [7, 11) is -2.23. The van der Waals surface area contributed by atoms with Crippen molar-refractivity contribution < 1.29 is 17.9 Å². The highest BCUT2D eigenvalue weighted by Gasteiger charge is 2.24. The lowest BCUT2D eigenvalue weighted by Gasteiger charge is -2.16. The maximum Gasteiger partial charge on any atom is 0.242 e. The number of nitrogens with one attached hydrogen (secondary N) is 1. The van der Waals surface area contributed by atoms with Gasteiger partial charge in [-0.15, -0.1) is 11.3 Å². The molecule has 0 radical (unpaired) electrons. The largest absolute Gasteiger partial charge is 0.497 e. The third kappa shape index (κ3) is 5.03. The van der Waals surface area contributed by atoms with Gasteiger partial charge >= 0.3 is 0 Å². The number of methoxy groups -OCH3 is 1. The second-order valence-electron chi connectivity index (χ2n) is 7.75. The Hall–Kier alpha value is -2.69. The number of sulfonamides is 1. The molecular formula is C22H26N4O4S2. The van der Waals surface area contributed by atoms with E-state index >= 15 is 0 Å². The van der Waals surface area contributed by atoms with Crippen molar-refractivity contribution in [1.29, 1.82) is 0 Å². The Morgan fingerprint density at radius 3 is 2.72 bits per heavy atom. The van der Waals surface area contributed by atoms with Crippen molar-refractivity contribution in [3.63, 3.8) is 0 Å². The van der Waals surface area contributed by atoms with Gasteiger partial charge in [-0.25, -0.2) is 18.1 Å². The molecule has 1 aromatic carbocycles. The molecule has 170 valence electrons. The van der Waals surface area contributed by atoms with E-state index in [4.69, 9.17) is 4.74 Å². The van der Waals surface area contributed by atoms with Crippen molar-refractivity contribution in [2.24, 2.45) is 0 Å². The van der Waals surface area contributed by atoms with Crippen LogP contribution in [0.3, 0.4) is 0 Å². The van der Waals surface area contributed by atoms with Crippen LogP contribution in [0.1, 0.15) is 24.1 Å². The van der Waals surface area contributed by atoms with E-state index in [1.807, 2.05) is 29.3 Å². The van der Waals surface area contributed by atoms with Crippen LogP contribution in [0.15, 0.2) is 46.8 Å². The minimum absolute atomic E-state index is 0.0130. The molecule has 10 heteroatoms. The van der Waals surface area contributed by atoms with E-state index in [0.717, 1.165) is 37.2 Å². The standard InChI is InChI=1S/C22H26N4O4S2/c1-16-15-31-22(24-16)20-11-19(13-26(20)14-21(27)25-8-3-4-9-25)32(28,29)23-12-17-6-5-7-18(10-17)30-2/h5-7,10-11,13,15,23H,3-4,8-9,12,14H2,1-2H3. The summed E-state index contributed by atoms with van der Waals surface area (Å²) < 4.78 is 35.6. The molecular weight excluding hydrogens is 448 g/mol. The lowest BCUT2D eigenvalue weighted by molar-refractivity contribution is -0.130. The third-order valence-corrected chi connectivity index (χ3v) is 7.74. The van der Waals surface area contributed by atoms with Gasteiger partial charge in [0.15, 0.2) is 0 Å². The van der Waals surface area contributed by atoms with Crippen LogP contribution in [-0.2, 0) is 27.9 Å². The highest BCUT2D eigenvalue weighted by atomic mass is 32.2. The molecule has 0 saturated carbocycles. The van der Waals surface area contributed by atoms with Crippen LogP contribution in [0, 0.1) is 6.92 Å². The molecule has 1 aliphatic heterocycles. The van der Waals surface area contributed by atoms with Crippen LogP contribution in [0.5, 0.6) is 5.75 Å². The van der Waals surface area contributed by atoms with Crippen molar-refractivity contribution in [2.75, 3.05) is 20.2 Å². The first-order valence-electron chi connectivity index (χ1n) is 10.4. The van der Waals surface area contributed by atoms with Gasteiger partial charge in [0.2, 0.25) is 15.9 Å². The predicted molar refractivity (Wildman–Crippen MR) is 123 cm³/mol. The number of hydrogen-bond acceptors (Lipinski definition) is 6. The number of amides is 1. The number of benzene rings is 1. The van der Waals surface area contributed by atoms with E-state index in [-0.39, 0.29) is 23.9 Å². The van der Waals surface area contributed by atoms with E-state index in [1.165, 1.54) is 17.5 Å². The Morgan fingerprint density at radius 1 is 1.25 bits per heavy atom. The van der Waals surface area contributed by atoms with Crippen molar-refractivity contribution in [1.82, 2.24) is 19.2 Å². The lowest BCUT2D eigenvalue weighted by Crippen LogP contribution is -2.31. The maximum atomic E-state index is 13.0. The first-order valence-corrected chi connectivity index (χ1v) is 12.7. The molecule has 1 aliphatic rings. The van der Waals surface area contributed by atoms with Crippen molar-refractivity contribution in [3.05, 3.63) is 53.2 Å². The fourth-order valence-electron chi connectivity index (χ4n) is 3.67. The van der Waals surface area contributed by atoms with Crippen LogP contribution in [-0.4, -0.2) is 49.0 Å². The van der Waals surface area contributed by atoms with Crippen LogP contribution in [0.2, 0.25) is 0 Å². The number of thiazole rings is 1. The number of nitrogens with zero attached hydrogens (tertiary/aromatic N) is 3. The fourth-order valence-corrected chi connectivity index (χ4v) is 5.55. The Balaban J connectivity index is 1.59. The SMILES string of the molecule is COc1cccc(CNS(=O)(=O)c2cc(-c3nc(C)cs3)n(CC(=O)N3CCCC3)c2)c1. The zero-order valence-corrected chi connectivity index (χ0v) is 19.7. The number of hydrogen-bond donors (Lipinski definition) is 1. The molecule has 1 amide bonds. The van der Waals surface area contributed by atoms with Crippen LogP contribution in [0.25, 0.3) is 10.7 Å². The highest BCUT2D eigenvalue weighted by Crippen LogP contribution is 2.28. The number of rotatable bonds is 8. The molecule has 32 heavy (non-hydrogen) atoms. The molecule has 2 aromatic heterocycles. The number of ether oxygens (including phenoxy) is 1. The lowest BCUT2D eigenvalue weighted by atomic mass is 10.2. The first-order chi connectivity index (χ1) is 15.4. The van der Waals surface area contributed by atoms with Crippen molar-refractivity contribution in [2.45, 2.75) is 37.8 Å². The molecule has 1 N–H and O–H groups in total. The molecule has 0 aliphatic carbocycles. The van der Waals surface area contributed by atoms with Gasteiger partial charge in [-0.1, -0.05) is 12.1 Å². The summed E-state index contributed by atoms with van der Waals surface area (Å²) in [6.45, 7) is 3.59.